The molecule has 1 aliphatic heterocycles. The number of hydrogen-bond donors (Lipinski definition) is 0. The van der Waals surface area contributed by atoms with Crippen LogP contribution in [0.3, 0.4) is 0 Å². The van der Waals surface area contributed by atoms with Crippen LogP contribution in [0.5, 0.6) is 11.5 Å². The van der Waals surface area contributed by atoms with Crippen molar-refractivity contribution in [1.29, 1.82) is 0 Å². The van der Waals surface area contributed by atoms with Gasteiger partial charge in [0.25, 0.3) is 5.69 Å². The van der Waals surface area contributed by atoms with Crippen LogP contribution in [0.15, 0.2) is 42.5 Å². The summed E-state index contributed by atoms with van der Waals surface area (Å²) in [7, 11) is 1.58. The fourth-order valence-corrected chi connectivity index (χ4v) is 2.29. The molecule has 0 aliphatic carbocycles. The van der Waals surface area contributed by atoms with Crippen LogP contribution in [0.2, 0.25) is 0 Å². The Morgan fingerprint density at radius 2 is 1.79 bits per heavy atom. The highest BCUT2D eigenvalue weighted by Gasteiger charge is 2.39. The molecule has 0 aromatic heterocycles. The lowest BCUT2D eigenvalue weighted by Crippen LogP contribution is -2.06. The summed E-state index contributed by atoms with van der Waals surface area (Å²) in [6.45, 7) is 0.570. The SMILES string of the molecule is COc1ccc(C2CN2Oc2ccc([N+](=O)[O-])cc2[N+](=O)[O-])cc1. The maximum absolute atomic E-state index is 11.1. The van der Waals surface area contributed by atoms with E-state index in [0.717, 1.165) is 17.4 Å². The highest BCUT2D eigenvalue weighted by atomic mass is 16.7. The number of rotatable bonds is 6. The molecule has 124 valence electrons. The summed E-state index contributed by atoms with van der Waals surface area (Å²) < 4.78 is 5.09. The first-order valence-electron chi connectivity index (χ1n) is 7.01. The third kappa shape index (κ3) is 3.10. The van der Waals surface area contributed by atoms with Crippen LogP contribution in [0.4, 0.5) is 11.4 Å². The monoisotopic (exact) mass is 331 g/mol. The zero-order chi connectivity index (χ0) is 17.3. The molecule has 0 bridgehead atoms. The van der Waals surface area contributed by atoms with Gasteiger partial charge in [0.2, 0.25) is 5.75 Å². The molecule has 1 aliphatic rings. The third-order valence-corrected chi connectivity index (χ3v) is 3.63. The van der Waals surface area contributed by atoms with E-state index in [2.05, 4.69) is 0 Å². The van der Waals surface area contributed by atoms with Gasteiger partial charge in [0, 0.05) is 6.07 Å². The second-order valence-corrected chi connectivity index (χ2v) is 5.15. The minimum atomic E-state index is -0.700. The molecular formula is C15H13N3O6. The van der Waals surface area contributed by atoms with Gasteiger partial charge in [0.05, 0.1) is 35.6 Å². The van der Waals surface area contributed by atoms with Crippen LogP contribution in [-0.4, -0.2) is 28.6 Å². The molecule has 3 rings (SSSR count). The molecule has 9 heteroatoms. The molecule has 0 N–H and O–H groups in total. The Bertz CT molecular complexity index is 792. The number of nitro benzene ring substituents is 2. The molecule has 2 aromatic rings. The predicted molar refractivity (Wildman–Crippen MR) is 82.8 cm³/mol. The molecular weight excluding hydrogens is 318 g/mol. The lowest BCUT2D eigenvalue weighted by molar-refractivity contribution is -0.395. The van der Waals surface area contributed by atoms with Gasteiger partial charge < -0.3 is 9.57 Å². The van der Waals surface area contributed by atoms with Crippen molar-refractivity contribution in [2.45, 2.75) is 6.04 Å². The van der Waals surface area contributed by atoms with Crippen molar-refractivity contribution in [3.05, 3.63) is 68.3 Å². The summed E-state index contributed by atoms with van der Waals surface area (Å²) >= 11 is 0. The van der Waals surface area contributed by atoms with Gasteiger partial charge in [-0.05, 0) is 23.8 Å². The minimum Gasteiger partial charge on any atom is -0.497 e. The molecule has 24 heavy (non-hydrogen) atoms. The van der Waals surface area contributed by atoms with E-state index in [1.165, 1.54) is 12.1 Å². The van der Waals surface area contributed by atoms with Crippen molar-refractivity contribution in [1.82, 2.24) is 5.06 Å². The molecule has 1 fully saturated rings. The highest BCUT2D eigenvalue weighted by Crippen LogP contribution is 2.39. The maximum Gasteiger partial charge on any atom is 0.320 e. The van der Waals surface area contributed by atoms with Crippen molar-refractivity contribution in [2.24, 2.45) is 0 Å². The number of hydrogen-bond acceptors (Lipinski definition) is 7. The normalized spacial score (nSPS) is 18.7. The molecule has 2 aromatic carbocycles. The van der Waals surface area contributed by atoms with Crippen LogP contribution in [0.25, 0.3) is 0 Å². The number of non-ortho nitro benzene ring substituents is 1. The number of benzene rings is 2. The fourth-order valence-electron chi connectivity index (χ4n) is 2.29. The lowest BCUT2D eigenvalue weighted by Gasteiger charge is -2.08. The molecule has 2 atom stereocenters. The Labute approximate surface area is 136 Å². The van der Waals surface area contributed by atoms with Gasteiger partial charge in [-0.25, -0.2) is 0 Å². The average Bonchev–Trinajstić information content (AvgIpc) is 3.34. The van der Waals surface area contributed by atoms with Crippen molar-refractivity contribution in [2.75, 3.05) is 13.7 Å². The first kappa shape index (κ1) is 15.7. The van der Waals surface area contributed by atoms with E-state index >= 15 is 0 Å². The molecule has 0 amide bonds. The highest BCUT2D eigenvalue weighted by molar-refractivity contribution is 5.53. The first-order valence-corrected chi connectivity index (χ1v) is 7.01. The first-order chi connectivity index (χ1) is 11.5. The number of ether oxygens (including phenoxy) is 1. The number of methoxy groups -OCH3 is 1. The van der Waals surface area contributed by atoms with Crippen LogP contribution < -0.4 is 9.57 Å². The smallest absolute Gasteiger partial charge is 0.320 e. The van der Waals surface area contributed by atoms with Gasteiger partial charge in [0.15, 0.2) is 0 Å². The van der Waals surface area contributed by atoms with Gasteiger partial charge >= 0.3 is 5.69 Å². The average molecular weight is 331 g/mol. The van der Waals surface area contributed by atoms with Crippen LogP contribution in [0, 0.1) is 20.2 Å². The third-order valence-electron chi connectivity index (χ3n) is 3.63. The van der Waals surface area contributed by atoms with Gasteiger partial charge in [0.1, 0.15) is 5.75 Å². The molecule has 0 saturated carbocycles. The van der Waals surface area contributed by atoms with Crippen molar-refractivity contribution < 1.29 is 19.4 Å². The molecule has 2 unspecified atom stereocenters. The molecule has 0 spiro atoms. The quantitative estimate of drug-likeness (QED) is 0.455. The molecule has 9 nitrogen and oxygen atoms in total. The number of nitrogens with zero attached hydrogens (tertiary/aromatic N) is 3. The Balaban J connectivity index is 1.75. The molecule has 1 heterocycles. The number of hydroxylamine groups is 2. The van der Waals surface area contributed by atoms with Crippen LogP contribution in [-0.2, 0) is 0 Å². The van der Waals surface area contributed by atoms with E-state index in [1.54, 1.807) is 12.2 Å². The maximum atomic E-state index is 11.1. The van der Waals surface area contributed by atoms with E-state index in [9.17, 15) is 20.2 Å². The summed E-state index contributed by atoms with van der Waals surface area (Å²) in [6.07, 6.45) is 0. The standard InChI is InChI=1S/C15H13N3O6/c1-23-12-5-2-10(3-6-12)14-9-16(14)24-15-7-4-11(17(19)20)8-13(15)18(21)22/h2-8,14H,9H2,1H3. The topological polar surface area (TPSA) is 108 Å². The zero-order valence-corrected chi connectivity index (χ0v) is 12.6. The second kappa shape index (κ2) is 6.13. The Morgan fingerprint density at radius 3 is 2.38 bits per heavy atom. The minimum absolute atomic E-state index is 0.0225. The molecule has 0 radical (unpaired) electrons. The summed E-state index contributed by atoms with van der Waals surface area (Å²) in [5.41, 5.74) is 0.191. The van der Waals surface area contributed by atoms with E-state index in [0.29, 0.717) is 6.54 Å². The van der Waals surface area contributed by atoms with Gasteiger partial charge in [-0.3, -0.25) is 20.2 Å². The van der Waals surface area contributed by atoms with Crippen molar-refractivity contribution in [3.63, 3.8) is 0 Å². The van der Waals surface area contributed by atoms with Crippen molar-refractivity contribution in [3.8, 4) is 11.5 Å². The van der Waals surface area contributed by atoms with E-state index in [4.69, 9.17) is 9.57 Å². The fraction of sp³-hybridized carbons (Fsp3) is 0.200. The lowest BCUT2D eigenvalue weighted by atomic mass is 10.1. The largest absolute Gasteiger partial charge is 0.497 e. The Kier molecular flexibility index (Phi) is 4.00. The van der Waals surface area contributed by atoms with Crippen LogP contribution >= 0.6 is 0 Å². The second-order valence-electron chi connectivity index (χ2n) is 5.15. The molecule has 1 saturated heterocycles. The summed E-state index contributed by atoms with van der Waals surface area (Å²) in [6, 6.07) is 10.7. The Hall–Kier alpha value is -3.20. The summed E-state index contributed by atoms with van der Waals surface area (Å²) in [5.74, 6) is 0.708. The Morgan fingerprint density at radius 1 is 1.08 bits per heavy atom. The van der Waals surface area contributed by atoms with E-state index in [1.807, 2.05) is 24.3 Å². The van der Waals surface area contributed by atoms with Crippen LogP contribution in [0.1, 0.15) is 11.6 Å². The van der Waals surface area contributed by atoms with Gasteiger partial charge in [-0.2, -0.15) is 0 Å². The van der Waals surface area contributed by atoms with E-state index in [-0.39, 0.29) is 17.5 Å². The van der Waals surface area contributed by atoms with Crippen molar-refractivity contribution >= 4 is 11.4 Å². The van der Waals surface area contributed by atoms with Gasteiger partial charge in [-0.15, -0.1) is 5.06 Å². The number of nitro groups is 2. The predicted octanol–water partition coefficient (Wildman–Crippen LogP) is 2.86. The van der Waals surface area contributed by atoms with E-state index < -0.39 is 15.5 Å². The summed E-state index contributed by atoms with van der Waals surface area (Å²) in [5, 5.41) is 23.4. The zero-order valence-electron chi connectivity index (χ0n) is 12.6. The summed E-state index contributed by atoms with van der Waals surface area (Å²) in [4.78, 5) is 26.0. The van der Waals surface area contributed by atoms with Gasteiger partial charge in [-0.1, -0.05) is 12.1 Å².